The molecule has 4 heteroatoms. The van der Waals surface area contributed by atoms with E-state index < -0.39 is 0 Å². The molecule has 0 amide bonds. The van der Waals surface area contributed by atoms with Crippen molar-refractivity contribution in [2.24, 2.45) is 0 Å². The Hall–Kier alpha value is -1.58. The molecular formula is C10H12N2O2. The standard InChI is InChI=1S/C10H12N2O2/c1(3-9-5-7-14-12-9)2-4-10-11-6-8-13-10/h5-8H,1-4H2. The summed E-state index contributed by atoms with van der Waals surface area (Å²) < 4.78 is 9.86. The highest BCUT2D eigenvalue weighted by molar-refractivity contribution is 4.94. The van der Waals surface area contributed by atoms with Crippen molar-refractivity contribution in [2.45, 2.75) is 25.7 Å². The summed E-state index contributed by atoms with van der Waals surface area (Å²) in [6.07, 6.45) is 8.87. The average Bonchev–Trinajstić information content (AvgIpc) is 2.86. The molecule has 74 valence electrons. The van der Waals surface area contributed by atoms with Gasteiger partial charge in [-0.3, -0.25) is 0 Å². The molecule has 0 bridgehead atoms. The van der Waals surface area contributed by atoms with Gasteiger partial charge in [-0.15, -0.1) is 0 Å². The Kier molecular flexibility index (Phi) is 2.95. The zero-order valence-electron chi connectivity index (χ0n) is 7.85. The summed E-state index contributed by atoms with van der Waals surface area (Å²) in [5.41, 5.74) is 1.01. The van der Waals surface area contributed by atoms with E-state index in [2.05, 4.69) is 10.1 Å². The molecule has 0 aromatic carbocycles. The van der Waals surface area contributed by atoms with Gasteiger partial charge in [0, 0.05) is 12.5 Å². The van der Waals surface area contributed by atoms with E-state index in [1.54, 1.807) is 18.7 Å². The van der Waals surface area contributed by atoms with Crippen molar-refractivity contribution >= 4 is 0 Å². The summed E-state index contributed by atoms with van der Waals surface area (Å²) in [7, 11) is 0. The van der Waals surface area contributed by atoms with E-state index in [-0.39, 0.29) is 0 Å². The third-order valence-corrected chi connectivity index (χ3v) is 2.05. The molecule has 2 heterocycles. The fourth-order valence-corrected chi connectivity index (χ4v) is 1.33. The largest absolute Gasteiger partial charge is 0.449 e. The van der Waals surface area contributed by atoms with Crippen LogP contribution in [0.25, 0.3) is 0 Å². The molecule has 14 heavy (non-hydrogen) atoms. The van der Waals surface area contributed by atoms with Crippen LogP contribution in [0.5, 0.6) is 0 Å². The van der Waals surface area contributed by atoms with Crippen LogP contribution in [0, 0.1) is 0 Å². The first-order chi connectivity index (χ1) is 6.95. The molecule has 0 aliphatic carbocycles. The Labute approximate surface area is 81.9 Å². The van der Waals surface area contributed by atoms with E-state index in [0.717, 1.165) is 37.3 Å². The lowest BCUT2D eigenvalue weighted by molar-refractivity contribution is 0.410. The molecule has 0 saturated heterocycles. The number of unbranched alkanes of at least 4 members (excludes halogenated alkanes) is 1. The zero-order valence-corrected chi connectivity index (χ0v) is 7.85. The lowest BCUT2D eigenvalue weighted by Crippen LogP contribution is -1.89. The van der Waals surface area contributed by atoms with Gasteiger partial charge in [0.15, 0.2) is 5.89 Å². The average molecular weight is 192 g/mol. The van der Waals surface area contributed by atoms with Gasteiger partial charge in [0.1, 0.15) is 12.5 Å². The number of nitrogens with zero attached hydrogens (tertiary/aromatic N) is 2. The van der Waals surface area contributed by atoms with Crippen LogP contribution in [0.1, 0.15) is 24.4 Å². The monoisotopic (exact) mass is 192 g/mol. The minimum absolute atomic E-state index is 0.810. The van der Waals surface area contributed by atoms with Crippen LogP contribution in [0.4, 0.5) is 0 Å². The maximum Gasteiger partial charge on any atom is 0.193 e. The van der Waals surface area contributed by atoms with Crippen molar-refractivity contribution < 1.29 is 8.94 Å². The fraction of sp³-hybridized carbons (Fsp3) is 0.400. The summed E-state index contributed by atoms with van der Waals surface area (Å²) >= 11 is 0. The third kappa shape index (κ3) is 2.45. The van der Waals surface area contributed by atoms with E-state index in [4.69, 9.17) is 8.94 Å². The summed E-state index contributed by atoms with van der Waals surface area (Å²) in [4.78, 5) is 4.05. The van der Waals surface area contributed by atoms with E-state index >= 15 is 0 Å². The molecule has 0 unspecified atom stereocenters. The van der Waals surface area contributed by atoms with Gasteiger partial charge in [-0.05, 0) is 19.3 Å². The van der Waals surface area contributed by atoms with Crippen LogP contribution in [-0.2, 0) is 12.8 Å². The number of oxazole rings is 1. The maximum absolute atomic E-state index is 5.13. The lowest BCUT2D eigenvalue weighted by Gasteiger charge is -1.94. The zero-order chi connectivity index (χ0) is 9.64. The van der Waals surface area contributed by atoms with Gasteiger partial charge in [0.05, 0.1) is 11.9 Å². The Balaban J connectivity index is 1.65. The van der Waals surface area contributed by atoms with Gasteiger partial charge in [-0.2, -0.15) is 0 Å². The van der Waals surface area contributed by atoms with E-state index in [9.17, 15) is 0 Å². The van der Waals surface area contributed by atoms with Crippen molar-refractivity contribution in [3.05, 3.63) is 36.4 Å². The van der Waals surface area contributed by atoms with E-state index in [1.165, 1.54) is 0 Å². The number of aryl methyl sites for hydroxylation is 2. The molecule has 0 saturated carbocycles. The minimum Gasteiger partial charge on any atom is -0.449 e. The van der Waals surface area contributed by atoms with Crippen LogP contribution in [0.3, 0.4) is 0 Å². The van der Waals surface area contributed by atoms with Gasteiger partial charge in [0.2, 0.25) is 0 Å². The summed E-state index contributed by atoms with van der Waals surface area (Å²) in [5, 5.41) is 3.84. The predicted octanol–water partition coefficient (Wildman–Crippen LogP) is 2.23. The third-order valence-electron chi connectivity index (χ3n) is 2.05. The Morgan fingerprint density at radius 3 is 2.79 bits per heavy atom. The Morgan fingerprint density at radius 2 is 2.07 bits per heavy atom. The van der Waals surface area contributed by atoms with Gasteiger partial charge >= 0.3 is 0 Å². The van der Waals surface area contributed by atoms with Gasteiger partial charge in [-0.1, -0.05) is 5.16 Å². The molecule has 4 nitrogen and oxygen atoms in total. The molecule has 2 rings (SSSR count). The molecule has 0 aliphatic heterocycles. The van der Waals surface area contributed by atoms with Crippen LogP contribution < -0.4 is 0 Å². The molecule has 0 radical (unpaired) electrons. The van der Waals surface area contributed by atoms with Crippen molar-refractivity contribution in [1.82, 2.24) is 10.1 Å². The fourth-order valence-electron chi connectivity index (χ4n) is 1.33. The van der Waals surface area contributed by atoms with Crippen LogP contribution in [-0.4, -0.2) is 10.1 Å². The summed E-state index contributed by atoms with van der Waals surface area (Å²) in [6, 6.07) is 1.89. The number of hydrogen-bond acceptors (Lipinski definition) is 4. The second-order valence-corrected chi connectivity index (χ2v) is 3.12. The molecule has 2 aromatic rings. The molecule has 0 fully saturated rings. The normalized spacial score (nSPS) is 10.6. The van der Waals surface area contributed by atoms with Gasteiger partial charge < -0.3 is 8.94 Å². The Bertz CT molecular complexity index is 304. The Morgan fingerprint density at radius 1 is 1.14 bits per heavy atom. The molecule has 0 aliphatic rings. The molecule has 0 atom stereocenters. The molecule has 0 spiro atoms. The SMILES string of the molecule is c1coc(CCCCc2ccon2)n1. The number of rotatable bonds is 5. The van der Waals surface area contributed by atoms with E-state index in [0.29, 0.717) is 0 Å². The second kappa shape index (κ2) is 4.60. The predicted molar refractivity (Wildman–Crippen MR) is 49.6 cm³/mol. The van der Waals surface area contributed by atoms with Crippen LogP contribution in [0.2, 0.25) is 0 Å². The minimum atomic E-state index is 0.810. The first-order valence-corrected chi connectivity index (χ1v) is 4.73. The van der Waals surface area contributed by atoms with Crippen molar-refractivity contribution in [3.8, 4) is 0 Å². The number of hydrogen-bond donors (Lipinski definition) is 0. The highest BCUT2D eigenvalue weighted by Crippen LogP contribution is 2.06. The molecule has 0 N–H and O–H groups in total. The van der Waals surface area contributed by atoms with Crippen molar-refractivity contribution in [3.63, 3.8) is 0 Å². The summed E-state index contributed by atoms with van der Waals surface area (Å²) in [5.74, 6) is 0.810. The summed E-state index contributed by atoms with van der Waals surface area (Å²) in [6.45, 7) is 0. The number of aromatic nitrogens is 2. The first-order valence-electron chi connectivity index (χ1n) is 4.73. The second-order valence-electron chi connectivity index (χ2n) is 3.12. The molecule has 2 aromatic heterocycles. The quantitative estimate of drug-likeness (QED) is 0.681. The van der Waals surface area contributed by atoms with Gasteiger partial charge in [0.25, 0.3) is 0 Å². The van der Waals surface area contributed by atoms with Crippen LogP contribution in [0.15, 0.2) is 33.7 Å². The van der Waals surface area contributed by atoms with Crippen molar-refractivity contribution in [1.29, 1.82) is 0 Å². The topological polar surface area (TPSA) is 52.1 Å². The van der Waals surface area contributed by atoms with Crippen molar-refractivity contribution in [2.75, 3.05) is 0 Å². The highest BCUT2D eigenvalue weighted by atomic mass is 16.5. The van der Waals surface area contributed by atoms with Crippen LogP contribution >= 0.6 is 0 Å². The lowest BCUT2D eigenvalue weighted by atomic mass is 10.1. The first kappa shape index (κ1) is 8.99. The smallest absolute Gasteiger partial charge is 0.193 e. The highest BCUT2D eigenvalue weighted by Gasteiger charge is 1.99. The van der Waals surface area contributed by atoms with E-state index in [1.807, 2.05) is 6.07 Å². The molecular weight excluding hydrogens is 180 g/mol. The van der Waals surface area contributed by atoms with Gasteiger partial charge in [-0.25, -0.2) is 4.98 Å². The maximum atomic E-state index is 5.13.